The van der Waals surface area contributed by atoms with E-state index in [1.54, 1.807) is 31.2 Å². The number of rotatable bonds is 8. The van der Waals surface area contributed by atoms with Crippen LogP contribution in [0, 0.1) is 0 Å². The molecule has 0 bridgehead atoms. The number of para-hydroxylation sites is 1. The molecule has 0 radical (unpaired) electrons. The standard InChI is InChI=1S/C20H24N2O3/c1-3-22(14-16-10-6-5-7-11-16)15-19(23)21-18-13-9-8-12-17(18)20(24)25-4-2/h5-13H,3-4,14-15H2,1-2H3,(H,21,23). The van der Waals surface area contributed by atoms with E-state index in [2.05, 4.69) is 5.32 Å². The molecule has 2 aromatic rings. The second-order valence-electron chi connectivity index (χ2n) is 5.60. The van der Waals surface area contributed by atoms with Gasteiger partial charge in [-0.1, -0.05) is 49.4 Å². The lowest BCUT2D eigenvalue weighted by Crippen LogP contribution is -2.33. The van der Waals surface area contributed by atoms with Crippen molar-refractivity contribution >= 4 is 17.6 Å². The molecule has 5 nitrogen and oxygen atoms in total. The highest BCUT2D eigenvalue weighted by Crippen LogP contribution is 2.16. The molecule has 1 N–H and O–H groups in total. The predicted octanol–water partition coefficient (Wildman–Crippen LogP) is 3.32. The highest BCUT2D eigenvalue weighted by Gasteiger charge is 2.15. The molecule has 1 amide bonds. The van der Waals surface area contributed by atoms with Crippen LogP contribution in [0.5, 0.6) is 0 Å². The number of nitrogens with zero attached hydrogens (tertiary/aromatic N) is 1. The topological polar surface area (TPSA) is 58.6 Å². The van der Waals surface area contributed by atoms with Gasteiger partial charge in [0.2, 0.25) is 5.91 Å². The van der Waals surface area contributed by atoms with Crippen molar-refractivity contribution in [2.24, 2.45) is 0 Å². The number of nitrogens with one attached hydrogen (secondary N) is 1. The molecule has 0 fully saturated rings. The molecule has 0 spiro atoms. The fraction of sp³-hybridized carbons (Fsp3) is 0.300. The van der Waals surface area contributed by atoms with Gasteiger partial charge in [0.05, 0.1) is 24.4 Å². The summed E-state index contributed by atoms with van der Waals surface area (Å²) in [7, 11) is 0. The minimum atomic E-state index is -0.435. The molecule has 5 heteroatoms. The minimum absolute atomic E-state index is 0.158. The van der Waals surface area contributed by atoms with E-state index in [0.29, 0.717) is 24.4 Å². The van der Waals surface area contributed by atoms with Gasteiger partial charge in [-0.25, -0.2) is 4.79 Å². The summed E-state index contributed by atoms with van der Waals surface area (Å²) in [6.07, 6.45) is 0. The van der Waals surface area contributed by atoms with Crippen LogP contribution in [0.3, 0.4) is 0 Å². The Labute approximate surface area is 148 Å². The Morgan fingerprint density at radius 2 is 1.68 bits per heavy atom. The lowest BCUT2D eigenvalue weighted by Gasteiger charge is -2.20. The Balaban J connectivity index is 2.00. The van der Waals surface area contributed by atoms with Gasteiger partial charge in [-0.3, -0.25) is 9.69 Å². The Morgan fingerprint density at radius 1 is 1.00 bits per heavy atom. The minimum Gasteiger partial charge on any atom is -0.462 e. The second-order valence-corrected chi connectivity index (χ2v) is 5.60. The molecular weight excluding hydrogens is 316 g/mol. The van der Waals surface area contributed by atoms with Gasteiger partial charge in [0, 0.05) is 6.54 Å². The van der Waals surface area contributed by atoms with Gasteiger partial charge in [-0.05, 0) is 31.2 Å². The maximum atomic E-state index is 12.4. The van der Waals surface area contributed by atoms with Gasteiger partial charge in [-0.15, -0.1) is 0 Å². The zero-order chi connectivity index (χ0) is 18.1. The first-order valence-electron chi connectivity index (χ1n) is 8.46. The molecule has 2 aromatic carbocycles. The highest BCUT2D eigenvalue weighted by molar-refractivity contribution is 6.01. The Kier molecular flexibility index (Phi) is 7.16. The molecule has 0 aliphatic heterocycles. The van der Waals surface area contributed by atoms with Gasteiger partial charge < -0.3 is 10.1 Å². The first-order chi connectivity index (χ1) is 12.1. The summed E-state index contributed by atoms with van der Waals surface area (Å²) in [5.41, 5.74) is 1.99. The monoisotopic (exact) mass is 340 g/mol. The summed E-state index contributed by atoms with van der Waals surface area (Å²) in [5.74, 6) is -0.593. The van der Waals surface area contributed by atoms with Crippen LogP contribution in [-0.2, 0) is 16.1 Å². The van der Waals surface area contributed by atoms with E-state index in [-0.39, 0.29) is 12.5 Å². The summed E-state index contributed by atoms with van der Waals surface area (Å²) in [4.78, 5) is 26.4. The quantitative estimate of drug-likeness (QED) is 0.749. The molecule has 0 saturated carbocycles. The summed E-state index contributed by atoms with van der Waals surface area (Å²) >= 11 is 0. The number of likely N-dealkylation sites (N-methyl/N-ethyl adjacent to an activating group) is 1. The van der Waals surface area contributed by atoms with E-state index in [4.69, 9.17) is 4.74 Å². The van der Waals surface area contributed by atoms with Crippen LogP contribution in [0.4, 0.5) is 5.69 Å². The molecule has 0 aromatic heterocycles. The van der Waals surface area contributed by atoms with Crippen molar-refractivity contribution in [2.75, 3.05) is 25.0 Å². The van der Waals surface area contributed by atoms with Crippen molar-refractivity contribution in [3.63, 3.8) is 0 Å². The summed E-state index contributed by atoms with van der Waals surface area (Å²) in [6, 6.07) is 16.9. The maximum absolute atomic E-state index is 12.4. The molecule has 2 rings (SSSR count). The molecule has 0 atom stereocenters. The van der Waals surface area contributed by atoms with Crippen molar-refractivity contribution in [2.45, 2.75) is 20.4 Å². The van der Waals surface area contributed by atoms with E-state index >= 15 is 0 Å². The Hall–Kier alpha value is -2.66. The molecular formula is C20H24N2O3. The van der Waals surface area contributed by atoms with Crippen molar-refractivity contribution < 1.29 is 14.3 Å². The van der Waals surface area contributed by atoms with E-state index in [0.717, 1.165) is 12.1 Å². The lowest BCUT2D eigenvalue weighted by molar-refractivity contribution is -0.117. The van der Waals surface area contributed by atoms with Crippen LogP contribution in [0.15, 0.2) is 54.6 Å². The van der Waals surface area contributed by atoms with E-state index < -0.39 is 5.97 Å². The lowest BCUT2D eigenvalue weighted by atomic mass is 10.1. The average molecular weight is 340 g/mol. The number of hydrogen-bond acceptors (Lipinski definition) is 4. The van der Waals surface area contributed by atoms with Crippen LogP contribution < -0.4 is 5.32 Å². The fourth-order valence-corrected chi connectivity index (χ4v) is 2.49. The first-order valence-corrected chi connectivity index (χ1v) is 8.46. The van der Waals surface area contributed by atoms with Crippen molar-refractivity contribution in [3.8, 4) is 0 Å². The third kappa shape index (κ3) is 5.72. The number of esters is 1. The zero-order valence-corrected chi connectivity index (χ0v) is 14.7. The fourth-order valence-electron chi connectivity index (χ4n) is 2.49. The van der Waals surface area contributed by atoms with Crippen molar-refractivity contribution in [1.29, 1.82) is 0 Å². The van der Waals surface area contributed by atoms with E-state index in [1.807, 2.05) is 42.2 Å². The van der Waals surface area contributed by atoms with Gasteiger partial charge in [0.15, 0.2) is 0 Å². The number of benzene rings is 2. The number of carbonyl (C=O) groups excluding carboxylic acids is 2. The van der Waals surface area contributed by atoms with Gasteiger partial charge in [0.25, 0.3) is 0 Å². The molecule has 25 heavy (non-hydrogen) atoms. The molecule has 0 heterocycles. The van der Waals surface area contributed by atoms with Gasteiger partial charge in [0.1, 0.15) is 0 Å². The van der Waals surface area contributed by atoms with Crippen LogP contribution in [0.1, 0.15) is 29.8 Å². The zero-order valence-electron chi connectivity index (χ0n) is 14.7. The highest BCUT2D eigenvalue weighted by atomic mass is 16.5. The largest absolute Gasteiger partial charge is 0.462 e. The van der Waals surface area contributed by atoms with Crippen LogP contribution in [0.2, 0.25) is 0 Å². The van der Waals surface area contributed by atoms with Crippen LogP contribution >= 0.6 is 0 Å². The summed E-state index contributed by atoms with van der Waals surface area (Å²) in [6.45, 7) is 5.76. The third-order valence-electron chi connectivity index (χ3n) is 3.76. The molecule has 0 saturated heterocycles. The van der Waals surface area contributed by atoms with E-state index in [1.165, 1.54) is 0 Å². The first kappa shape index (κ1) is 18.7. The smallest absolute Gasteiger partial charge is 0.340 e. The molecule has 0 aliphatic rings. The van der Waals surface area contributed by atoms with Gasteiger partial charge >= 0.3 is 5.97 Å². The van der Waals surface area contributed by atoms with Crippen LogP contribution in [-0.4, -0.2) is 36.5 Å². The molecule has 0 unspecified atom stereocenters. The SMILES string of the molecule is CCOC(=O)c1ccccc1NC(=O)CN(CC)Cc1ccccc1. The second kappa shape index (κ2) is 9.59. The predicted molar refractivity (Wildman–Crippen MR) is 98.4 cm³/mol. The van der Waals surface area contributed by atoms with Crippen molar-refractivity contribution in [3.05, 3.63) is 65.7 Å². The Bertz CT molecular complexity index is 701. The number of ether oxygens (including phenoxy) is 1. The number of anilines is 1. The summed E-state index contributed by atoms with van der Waals surface area (Å²) < 4.78 is 5.03. The third-order valence-corrected chi connectivity index (χ3v) is 3.76. The number of hydrogen-bond donors (Lipinski definition) is 1. The average Bonchev–Trinajstić information content (AvgIpc) is 2.62. The Morgan fingerprint density at radius 3 is 2.36 bits per heavy atom. The van der Waals surface area contributed by atoms with Gasteiger partial charge in [-0.2, -0.15) is 0 Å². The van der Waals surface area contributed by atoms with E-state index in [9.17, 15) is 9.59 Å². The number of amides is 1. The molecule has 132 valence electrons. The normalized spacial score (nSPS) is 10.5. The van der Waals surface area contributed by atoms with Crippen LogP contribution in [0.25, 0.3) is 0 Å². The summed E-state index contributed by atoms with van der Waals surface area (Å²) in [5, 5.41) is 2.82. The van der Waals surface area contributed by atoms with Crippen molar-refractivity contribution in [1.82, 2.24) is 4.90 Å². The molecule has 0 aliphatic carbocycles. The number of carbonyl (C=O) groups is 2. The maximum Gasteiger partial charge on any atom is 0.340 e.